The number of nitrogens with one attached hydrogen (secondary N) is 1. The second-order valence-corrected chi connectivity index (χ2v) is 6.10. The van der Waals surface area contributed by atoms with E-state index in [1.807, 2.05) is 11.3 Å². The molecule has 1 aromatic heterocycles. The molecule has 0 spiro atoms. The van der Waals surface area contributed by atoms with Crippen molar-refractivity contribution < 1.29 is 0 Å². The van der Waals surface area contributed by atoms with Gasteiger partial charge in [0, 0.05) is 17.3 Å². The van der Waals surface area contributed by atoms with Crippen LogP contribution in [0.1, 0.15) is 41.8 Å². The minimum atomic E-state index is 0.731. The molecule has 1 heterocycles. The maximum atomic E-state index is 4.66. The number of rotatable bonds is 4. The van der Waals surface area contributed by atoms with Crippen molar-refractivity contribution in [3.8, 4) is 0 Å². The highest BCUT2D eigenvalue weighted by molar-refractivity contribution is 7.11. The van der Waals surface area contributed by atoms with E-state index in [0.29, 0.717) is 0 Å². The molecule has 2 nitrogen and oxygen atoms in total. The van der Waals surface area contributed by atoms with Gasteiger partial charge in [-0.2, -0.15) is 0 Å². The van der Waals surface area contributed by atoms with E-state index in [2.05, 4.69) is 31.1 Å². The lowest BCUT2D eigenvalue weighted by Gasteiger charge is -2.19. The Morgan fingerprint density at radius 2 is 2.19 bits per heavy atom. The third kappa shape index (κ3) is 2.64. The predicted octanol–water partition coefficient (Wildman–Crippen LogP) is 3.08. The summed E-state index contributed by atoms with van der Waals surface area (Å²) >= 11 is 1.88. The Kier molecular flexibility index (Phi) is 3.98. The first-order chi connectivity index (χ1) is 7.70. The molecule has 2 rings (SSSR count). The van der Waals surface area contributed by atoms with E-state index in [1.54, 1.807) is 0 Å². The fraction of sp³-hybridized carbons (Fsp3) is 0.769. The van der Waals surface area contributed by atoms with Crippen LogP contribution in [0.2, 0.25) is 0 Å². The highest BCUT2D eigenvalue weighted by Crippen LogP contribution is 2.30. The van der Waals surface area contributed by atoms with Crippen molar-refractivity contribution in [3.05, 3.63) is 15.6 Å². The zero-order valence-electron chi connectivity index (χ0n) is 10.5. The van der Waals surface area contributed by atoms with Gasteiger partial charge in [-0.1, -0.05) is 13.3 Å². The van der Waals surface area contributed by atoms with Crippen LogP contribution in [0.4, 0.5) is 0 Å². The summed E-state index contributed by atoms with van der Waals surface area (Å²) in [5.41, 5.74) is 1.22. The molecule has 0 radical (unpaired) electrons. The highest BCUT2D eigenvalue weighted by atomic mass is 32.1. The highest BCUT2D eigenvalue weighted by Gasteiger charge is 2.27. The molecule has 1 fully saturated rings. The molecule has 1 saturated carbocycles. The summed E-state index contributed by atoms with van der Waals surface area (Å²) in [5.74, 6) is 0.810. The van der Waals surface area contributed by atoms with E-state index in [4.69, 9.17) is 0 Å². The maximum Gasteiger partial charge on any atom is 0.0934 e. The van der Waals surface area contributed by atoms with E-state index >= 15 is 0 Å². The molecule has 2 atom stereocenters. The van der Waals surface area contributed by atoms with Crippen molar-refractivity contribution in [3.63, 3.8) is 0 Å². The lowest BCUT2D eigenvalue weighted by Crippen LogP contribution is -2.33. The second-order valence-electron chi connectivity index (χ2n) is 4.81. The van der Waals surface area contributed by atoms with E-state index in [9.17, 15) is 0 Å². The normalized spacial score (nSPS) is 25.2. The Labute approximate surface area is 102 Å². The van der Waals surface area contributed by atoms with Gasteiger partial charge >= 0.3 is 0 Å². The third-order valence-electron chi connectivity index (χ3n) is 3.64. The summed E-state index contributed by atoms with van der Waals surface area (Å²) < 4.78 is 0. The van der Waals surface area contributed by atoms with Crippen molar-refractivity contribution in [1.82, 2.24) is 10.3 Å². The van der Waals surface area contributed by atoms with Gasteiger partial charge in [-0.05, 0) is 39.2 Å². The SMILES string of the molecule is CCNC1CCCC1Cc1nc(C)c(C)s1. The van der Waals surface area contributed by atoms with Crippen molar-refractivity contribution in [2.24, 2.45) is 5.92 Å². The number of nitrogens with zero attached hydrogens (tertiary/aromatic N) is 1. The molecule has 0 aliphatic heterocycles. The van der Waals surface area contributed by atoms with E-state index in [0.717, 1.165) is 18.5 Å². The number of hydrogen-bond acceptors (Lipinski definition) is 3. The van der Waals surface area contributed by atoms with E-state index in [1.165, 1.54) is 41.3 Å². The maximum absolute atomic E-state index is 4.66. The van der Waals surface area contributed by atoms with Gasteiger partial charge in [-0.25, -0.2) is 4.98 Å². The standard InChI is InChI=1S/C13H22N2S/c1-4-14-12-7-5-6-11(12)8-13-15-9(2)10(3)16-13/h11-12,14H,4-8H2,1-3H3. The summed E-state index contributed by atoms with van der Waals surface area (Å²) in [5, 5.41) is 4.95. The van der Waals surface area contributed by atoms with Crippen molar-refractivity contribution in [1.29, 1.82) is 0 Å². The van der Waals surface area contributed by atoms with Gasteiger partial charge < -0.3 is 5.32 Å². The molecule has 0 bridgehead atoms. The number of thiazole rings is 1. The molecule has 1 N–H and O–H groups in total. The van der Waals surface area contributed by atoms with Crippen LogP contribution in [0, 0.1) is 19.8 Å². The van der Waals surface area contributed by atoms with Crippen molar-refractivity contribution >= 4 is 11.3 Å². The molecule has 1 aromatic rings. The molecule has 0 aromatic carbocycles. The first-order valence-corrected chi connectivity index (χ1v) is 7.18. The molecule has 1 aliphatic rings. The van der Waals surface area contributed by atoms with Crippen LogP contribution in [0.25, 0.3) is 0 Å². The van der Waals surface area contributed by atoms with Gasteiger partial charge in [0.05, 0.1) is 10.7 Å². The Morgan fingerprint density at radius 3 is 2.81 bits per heavy atom. The van der Waals surface area contributed by atoms with Crippen LogP contribution in [0.5, 0.6) is 0 Å². The Hall–Kier alpha value is -0.410. The van der Waals surface area contributed by atoms with Gasteiger partial charge in [0.2, 0.25) is 0 Å². The average molecular weight is 238 g/mol. The molecule has 1 aliphatic carbocycles. The first kappa shape index (κ1) is 12.1. The predicted molar refractivity (Wildman–Crippen MR) is 70.1 cm³/mol. The van der Waals surface area contributed by atoms with Crippen LogP contribution < -0.4 is 5.32 Å². The fourth-order valence-corrected chi connectivity index (χ4v) is 3.69. The van der Waals surface area contributed by atoms with E-state index in [-0.39, 0.29) is 0 Å². The van der Waals surface area contributed by atoms with Crippen molar-refractivity contribution in [2.75, 3.05) is 6.54 Å². The lowest BCUT2D eigenvalue weighted by molar-refractivity contribution is 0.405. The van der Waals surface area contributed by atoms with Gasteiger partial charge in [0.25, 0.3) is 0 Å². The zero-order valence-corrected chi connectivity index (χ0v) is 11.4. The van der Waals surface area contributed by atoms with Crippen molar-refractivity contribution in [2.45, 2.75) is 52.5 Å². The summed E-state index contributed by atoms with van der Waals surface area (Å²) in [6.45, 7) is 7.59. The van der Waals surface area contributed by atoms with Gasteiger partial charge in [-0.15, -0.1) is 11.3 Å². The molecular formula is C13H22N2S. The van der Waals surface area contributed by atoms with E-state index < -0.39 is 0 Å². The average Bonchev–Trinajstić information content (AvgIpc) is 2.77. The Bertz CT molecular complexity index is 326. The monoisotopic (exact) mass is 238 g/mol. The zero-order chi connectivity index (χ0) is 11.5. The van der Waals surface area contributed by atoms with Gasteiger partial charge in [0.1, 0.15) is 0 Å². The minimum Gasteiger partial charge on any atom is -0.314 e. The summed E-state index contributed by atoms with van der Waals surface area (Å²) in [4.78, 5) is 6.04. The van der Waals surface area contributed by atoms with Crippen LogP contribution >= 0.6 is 11.3 Å². The summed E-state index contributed by atoms with van der Waals surface area (Å²) in [7, 11) is 0. The number of hydrogen-bond donors (Lipinski definition) is 1. The molecule has 90 valence electrons. The van der Waals surface area contributed by atoms with Crippen LogP contribution in [-0.2, 0) is 6.42 Å². The Morgan fingerprint density at radius 1 is 1.38 bits per heavy atom. The molecular weight excluding hydrogens is 216 g/mol. The first-order valence-electron chi connectivity index (χ1n) is 6.37. The summed E-state index contributed by atoms with van der Waals surface area (Å²) in [6.07, 6.45) is 5.28. The second kappa shape index (κ2) is 5.28. The topological polar surface area (TPSA) is 24.9 Å². The smallest absolute Gasteiger partial charge is 0.0934 e. The quantitative estimate of drug-likeness (QED) is 0.872. The van der Waals surface area contributed by atoms with Crippen LogP contribution in [-0.4, -0.2) is 17.6 Å². The molecule has 16 heavy (non-hydrogen) atoms. The number of aryl methyl sites for hydroxylation is 2. The van der Waals surface area contributed by atoms with Crippen LogP contribution in [0.15, 0.2) is 0 Å². The molecule has 2 unspecified atom stereocenters. The molecule has 3 heteroatoms. The van der Waals surface area contributed by atoms with Gasteiger partial charge in [0.15, 0.2) is 0 Å². The Balaban J connectivity index is 1.98. The van der Waals surface area contributed by atoms with Crippen LogP contribution in [0.3, 0.4) is 0 Å². The molecule has 0 saturated heterocycles. The third-order valence-corrected chi connectivity index (χ3v) is 4.73. The minimum absolute atomic E-state index is 0.731. The number of aromatic nitrogens is 1. The largest absolute Gasteiger partial charge is 0.314 e. The lowest BCUT2D eigenvalue weighted by atomic mass is 10.00. The fourth-order valence-electron chi connectivity index (χ4n) is 2.66. The molecule has 0 amide bonds. The summed E-state index contributed by atoms with van der Waals surface area (Å²) in [6, 6.07) is 0.731. The van der Waals surface area contributed by atoms with Gasteiger partial charge in [-0.3, -0.25) is 0 Å².